The van der Waals surface area contributed by atoms with Crippen LogP contribution in [0.15, 0.2) is 48.5 Å². The Labute approximate surface area is 162 Å². The molecule has 0 amide bonds. The van der Waals surface area contributed by atoms with E-state index < -0.39 is 10.0 Å². The summed E-state index contributed by atoms with van der Waals surface area (Å²) in [6, 6.07) is 15.6. The van der Waals surface area contributed by atoms with Crippen LogP contribution in [0.25, 0.3) is 0 Å². The Kier molecular flexibility index (Phi) is 6.74. The molecule has 1 N–H and O–H groups in total. The highest BCUT2D eigenvalue weighted by Crippen LogP contribution is 2.20. The Morgan fingerprint density at radius 3 is 2.44 bits per heavy atom. The average Bonchev–Trinajstić information content (AvgIpc) is 2.69. The number of nitrogens with one attached hydrogen (secondary N) is 1. The summed E-state index contributed by atoms with van der Waals surface area (Å²) in [6.07, 6.45) is 4.52. The Bertz CT molecular complexity index is 829. The first-order chi connectivity index (χ1) is 13.1. The van der Waals surface area contributed by atoms with Crippen molar-refractivity contribution < 1.29 is 13.2 Å². The largest absolute Gasteiger partial charge is 0.497 e. The first-order valence-corrected chi connectivity index (χ1v) is 11.2. The molecule has 6 heteroatoms. The average molecular weight is 389 g/mol. The Morgan fingerprint density at radius 2 is 1.74 bits per heavy atom. The summed E-state index contributed by atoms with van der Waals surface area (Å²) in [5.41, 5.74) is 3.12. The third-order valence-electron chi connectivity index (χ3n) is 4.88. The zero-order chi connectivity index (χ0) is 19.1. The highest BCUT2D eigenvalue weighted by atomic mass is 32.2. The highest BCUT2D eigenvalue weighted by molar-refractivity contribution is 7.88. The third kappa shape index (κ3) is 5.97. The molecule has 3 rings (SSSR count). The molecule has 1 aliphatic rings. The summed E-state index contributed by atoms with van der Waals surface area (Å²) >= 11 is 0. The lowest BCUT2D eigenvalue weighted by Gasteiger charge is -2.28. The van der Waals surface area contributed by atoms with Gasteiger partial charge in [-0.05, 0) is 61.1 Å². The number of piperidine rings is 1. The van der Waals surface area contributed by atoms with E-state index in [0.29, 0.717) is 24.3 Å². The van der Waals surface area contributed by atoms with Gasteiger partial charge in [0.05, 0.1) is 12.9 Å². The lowest BCUT2D eigenvalue weighted by atomic mass is 10.1. The van der Waals surface area contributed by atoms with Gasteiger partial charge in [-0.1, -0.05) is 24.3 Å². The number of anilines is 1. The molecule has 1 aliphatic heterocycles. The zero-order valence-corrected chi connectivity index (χ0v) is 16.7. The summed E-state index contributed by atoms with van der Waals surface area (Å²) < 4.78 is 32.4. The fourth-order valence-corrected chi connectivity index (χ4v) is 4.54. The number of ether oxygens (including phenoxy) is 1. The minimum absolute atomic E-state index is 0.0436. The maximum Gasteiger partial charge on any atom is 0.215 e. The van der Waals surface area contributed by atoms with E-state index in [4.69, 9.17) is 4.74 Å². The molecule has 0 spiro atoms. The molecule has 5 nitrogen and oxygen atoms in total. The molecule has 1 heterocycles. The number of nitrogens with zero attached hydrogens (tertiary/aromatic N) is 1. The lowest BCUT2D eigenvalue weighted by molar-refractivity contribution is 0.414. The molecule has 0 unspecified atom stereocenters. The molecule has 146 valence electrons. The molecule has 27 heavy (non-hydrogen) atoms. The van der Waals surface area contributed by atoms with Gasteiger partial charge in [0.15, 0.2) is 0 Å². The van der Waals surface area contributed by atoms with Gasteiger partial charge in [-0.15, -0.1) is 0 Å². The summed E-state index contributed by atoms with van der Waals surface area (Å²) in [5.74, 6) is 0.620. The Morgan fingerprint density at radius 1 is 1.00 bits per heavy atom. The quantitative estimate of drug-likeness (QED) is 0.753. The number of rotatable bonds is 8. The Hall–Kier alpha value is -2.05. The molecular weight excluding hydrogens is 360 g/mol. The van der Waals surface area contributed by atoms with Crippen LogP contribution in [-0.2, 0) is 22.2 Å². The van der Waals surface area contributed by atoms with Crippen molar-refractivity contribution in [2.45, 2.75) is 31.4 Å². The van der Waals surface area contributed by atoms with E-state index in [-0.39, 0.29) is 5.75 Å². The van der Waals surface area contributed by atoms with Crippen LogP contribution in [0.3, 0.4) is 0 Å². The van der Waals surface area contributed by atoms with Crippen molar-refractivity contribution >= 4 is 15.7 Å². The van der Waals surface area contributed by atoms with Gasteiger partial charge in [0.2, 0.25) is 10.0 Å². The molecule has 0 aromatic heterocycles. The van der Waals surface area contributed by atoms with E-state index in [1.807, 2.05) is 0 Å². The summed E-state index contributed by atoms with van der Waals surface area (Å²) in [6.45, 7) is 2.65. The van der Waals surface area contributed by atoms with Crippen molar-refractivity contribution in [1.29, 1.82) is 0 Å². The number of sulfonamides is 1. The molecule has 1 saturated heterocycles. The number of hydrogen-bond donors (Lipinski definition) is 1. The van der Waals surface area contributed by atoms with E-state index in [1.165, 1.54) is 24.9 Å². The maximum absolute atomic E-state index is 12.3. The normalized spacial score (nSPS) is 14.9. The van der Waals surface area contributed by atoms with Crippen molar-refractivity contribution in [2.24, 2.45) is 0 Å². The maximum atomic E-state index is 12.3. The van der Waals surface area contributed by atoms with Crippen LogP contribution in [0, 0.1) is 0 Å². The van der Waals surface area contributed by atoms with Gasteiger partial charge in [-0.3, -0.25) is 0 Å². The van der Waals surface area contributed by atoms with Crippen molar-refractivity contribution in [3.05, 3.63) is 59.7 Å². The molecule has 2 aromatic rings. The third-order valence-corrected chi connectivity index (χ3v) is 6.24. The summed E-state index contributed by atoms with van der Waals surface area (Å²) in [7, 11) is -1.80. The fourth-order valence-electron chi connectivity index (χ4n) is 3.41. The smallest absolute Gasteiger partial charge is 0.215 e. The van der Waals surface area contributed by atoms with Crippen molar-refractivity contribution in [3.63, 3.8) is 0 Å². The summed E-state index contributed by atoms with van der Waals surface area (Å²) in [4.78, 5) is 2.42. The van der Waals surface area contributed by atoms with Crippen LogP contribution in [-0.4, -0.2) is 35.2 Å². The standard InChI is InChI=1S/C21H28N2O3S/c1-26-21-7-5-6-19(16-21)17-27(24,25)22-13-12-18-8-10-20(11-9-18)23-14-3-2-4-15-23/h5-11,16,22H,2-4,12-15,17H2,1H3. The number of hydrogen-bond acceptors (Lipinski definition) is 4. The van der Waals surface area contributed by atoms with E-state index in [0.717, 1.165) is 18.7 Å². The SMILES string of the molecule is COc1cccc(CS(=O)(=O)NCCc2ccc(N3CCCCC3)cc2)c1. The van der Waals surface area contributed by atoms with Gasteiger partial charge in [0, 0.05) is 25.3 Å². The van der Waals surface area contributed by atoms with Gasteiger partial charge < -0.3 is 9.64 Å². The van der Waals surface area contributed by atoms with Crippen LogP contribution in [0.2, 0.25) is 0 Å². The molecule has 0 radical (unpaired) electrons. The van der Waals surface area contributed by atoms with Crippen LogP contribution < -0.4 is 14.4 Å². The van der Waals surface area contributed by atoms with E-state index in [2.05, 4.69) is 33.9 Å². The van der Waals surface area contributed by atoms with Crippen molar-refractivity contribution in [2.75, 3.05) is 31.6 Å². The number of methoxy groups -OCH3 is 1. The monoisotopic (exact) mass is 388 g/mol. The molecule has 1 fully saturated rings. The second kappa shape index (κ2) is 9.24. The molecule has 0 atom stereocenters. The van der Waals surface area contributed by atoms with Gasteiger partial charge >= 0.3 is 0 Å². The molecule has 0 bridgehead atoms. The van der Waals surface area contributed by atoms with Crippen molar-refractivity contribution in [1.82, 2.24) is 4.72 Å². The minimum Gasteiger partial charge on any atom is -0.497 e. The van der Waals surface area contributed by atoms with Crippen LogP contribution >= 0.6 is 0 Å². The van der Waals surface area contributed by atoms with Crippen LogP contribution in [0.1, 0.15) is 30.4 Å². The van der Waals surface area contributed by atoms with Gasteiger partial charge in [0.25, 0.3) is 0 Å². The van der Waals surface area contributed by atoms with Gasteiger partial charge in [-0.25, -0.2) is 13.1 Å². The number of benzene rings is 2. The summed E-state index contributed by atoms with van der Waals surface area (Å²) in [5, 5.41) is 0. The topological polar surface area (TPSA) is 58.6 Å². The fraction of sp³-hybridized carbons (Fsp3) is 0.429. The zero-order valence-electron chi connectivity index (χ0n) is 15.9. The van der Waals surface area contributed by atoms with Crippen LogP contribution in [0.5, 0.6) is 5.75 Å². The predicted molar refractivity (Wildman–Crippen MR) is 110 cm³/mol. The van der Waals surface area contributed by atoms with Crippen LogP contribution in [0.4, 0.5) is 5.69 Å². The second-order valence-corrected chi connectivity index (χ2v) is 8.78. The predicted octanol–water partition coefficient (Wildman–Crippen LogP) is 3.35. The van der Waals surface area contributed by atoms with E-state index in [1.54, 1.807) is 31.4 Å². The van der Waals surface area contributed by atoms with E-state index >= 15 is 0 Å². The van der Waals surface area contributed by atoms with Gasteiger partial charge in [-0.2, -0.15) is 0 Å². The molecular formula is C21H28N2O3S. The first kappa shape index (κ1) is 19.7. The lowest BCUT2D eigenvalue weighted by Crippen LogP contribution is -2.29. The van der Waals surface area contributed by atoms with Gasteiger partial charge in [0.1, 0.15) is 5.75 Å². The Balaban J connectivity index is 1.49. The second-order valence-electron chi connectivity index (χ2n) is 6.97. The molecule has 0 aliphatic carbocycles. The highest BCUT2D eigenvalue weighted by Gasteiger charge is 2.13. The van der Waals surface area contributed by atoms with E-state index in [9.17, 15) is 8.42 Å². The minimum atomic E-state index is -3.37. The molecule has 0 saturated carbocycles. The first-order valence-electron chi connectivity index (χ1n) is 9.50. The van der Waals surface area contributed by atoms with Crippen molar-refractivity contribution in [3.8, 4) is 5.75 Å². The molecule has 2 aromatic carbocycles.